The van der Waals surface area contributed by atoms with Gasteiger partial charge in [0.2, 0.25) is 6.79 Å². The van der Waals surface area contributed by atoms with Crippen molar-refractivity contribution in [3.63, 3.8) is 0 Å². The summed E-state index contributed by atoms with van der Waals surface area (Å²) < 4.78 is 10.4. The lowest BCUT2D eigenvalue weighted by Gasteiger charge is -2.15. The molecule has 1 aromatic carbocycles. The first-order valence-electron chi connectivity index (χ1n) is 5.61. The van der Waals surface area contributed by atoms with E-state index in [4.69, 9.17) is 9.47 Å². The minimum absolute atomic E-state index is 0.0696. The van der Waals surface area contributed by atoms with Gasteiger partial charge in [-0.2, -0.15) is 0 Å². The Balaban J connectivity index is 1.82. The Morgan fingerprint density at radius 3 is 2.94 bits per heavy atom. The molecule has 3 rings (SSSR count). The molecule has 5 nitrogen and oxygen atoms in total. The van der Waals surface area contributed by atoms with Crippen LogP contribution in [-0.4, -0.2) is 41.9 Å². The molecule has 0 saturated carbocycles. The number of benzene rings is 1. The zero-order chi connectivity index (χ0) is 11.8. The van der Waals surface area contributed by atoms with Crippen LogP contribution >= 0.6 is 0 Å². The van der Waals surface area contributed by atoms with Crippen molar-refractivity contribution in [3.05, 3.63) is 23.8 Å². The molecule has 2 heterocycles. The fourth-order valence-electron chi connectivity index (χ4n) is 2.14. The molecular formula is C12H13NO4. The van der Waals surface area contributed by atoms with E-state index < -0.39 is 6.10 Å². The molecule has 1 N–H and O–H groups in total. The van der Waals surface area contributed by atoms with Crippen LogP contribution in [0.2, 0.25) is 0 Å². The molecule has 1 atom stereocenters. The third-order valence-electron chi connectivity index (χ3n) is 3.07. The van der Waals surface area contributed by atoms with E-state index >= 15 is 0 Å². The Morgan fingerprint density at radius 2 is 2.18 bits per heavy atom. The van der Waals surface area contributed by atoms with Crippen LogP contribution in [0.25, 0.3) is 0 Å². The van der Waals surface area contributed by atoms with Gasteiger partial charge in [-0.1, -0.05) is 0 Å². The number of rotatable bonds is 1. The zero-order valence-corrected chi connectivity index (χ0v) is 9.26. The van der Waals surface area contributed by atoms with E-state index in [-0.39, 0.29) is 12.7 Å². The van der Waals surface area contributed by atoms with Crippen molar-refractivity contribution in [2.75, 3.05) is 19.9 Å². The Kier molecular flexibility index (Phi) is 2.40. The molecule has 1 unspecified atom stereocenters. The predicted octanol–water partition coefficient (Wildman–Crippen LogP) is 0.622. The molecule has 1 saturated heterocycles. The van der Waals surface area contributed by atoms with E-state index in [1.807, 2.05) is 0 Å². The summed E-state index contributed by atoms with van der Waals surface area (Å²) in [5, 5.41) is 9.41. The molecule has 1 amide bonds. The maximum absolute atomic E-state index is 12.1. The molecule has 1 aromatic rings. The number of likely N-dealkylation sites (tertiary alicyclic amines) is 1. The zero-order valence-electron chi connectivity index (χ0n) is 9.26. The molecule has 0 aliphatic carbocycles. The number of β-amino-alcohol motifs (C(OH)–C–C–N with tert-alkyl or cyclic N) is 1. The Labute approximate surface area is 98.6 Å². The average Bonchev–Trinajstić information content (AvgIpc) is 2.95. The summed E-state index contributed by atoms with van der Waals surface area (Å²) in [7, 11) is 0. The number of aliphatic hydroxyl groups excluding tert-OH is 1. The summed E-state index contributed by atoms with van der Waals surface area (Å²) in [6.45, 7) is 1.22. The molecule has 0 spiro atoms. The number of nitrogens with zero attached hydrogens (tertiary/aromatic N) is 1. The molecular weight excluding hydrogens is 222 g/mol. The minimum atomic E-state index is -0.395. The first-order chi connectivity index (χ1) is 8.24. The van der Waals surface area contributed by atoms with Gasteiger partial charge in [-0.25, -0.2) is 0 Å². The fraction of sp³-hybridized carbons (Fsp3) is 0.417. The smallest absolute Gasteiger partial charge is 0.254 e. The van der Waals surface area contributed by atoms with Crippen LogP contribution in [0.5, 0.6) is 11.5 Å². The van der Waals surface area contributed by atoms with Crippen molar-refractivity contribution in [2.45, 2.75) is 12.5 Å². The number of amides is 1. The largest absolute Gasteiger partial charge is 0.454 e. The SMILES string of the molecule is O=C(c1ccc2c(c1)OCO2)N1CCC(O)C1. The Morgan fingerprint density at radius 1 is 1.35 bits per heavy atom. The second-order valence-electron chi connectivity index (χ2n) is 4.26. The van der Waals surface area contributed by atoms with Crippen molar-refractivity contribution in [2.24, 2.45) is 0 Å². The molecule has 17 heavy (non-hydrogen) atoms. The van der Waals surface area contributed by atoms with Gasteiger partial charge in [0, 0.05) is 18.7 Å². The lowest BCUT2D eigenvalue weighted by Crippen LogP contribution is -2.29. The highest BCUT2D eigenvalue weighted by Gasteiger charge is 2.26. The van der Waals surface area contributed by atoms with E-state index in [1.54, 1.807) is 23.1 Å². The number of fused-ring (bicyclic) bond motifs is 1. The molecule has 90 valence electrons. The molecule has 0 bridgehead atoms. The third-order valence-corrected chi connectivity index (χ3v) is 3.07. The van der Waals surface area contributed by atoms with Gasteiger partial charge in [-0.15, -0.1) is 0 Å². The van der Waals surface area contributed by atoms with Crippen molar-refractivity contribution in [1.29, 1.82) is 0 Å². The summed E-state index contributed by atoms with van der Waals surface area (Å²) in [6.07, 6.45) is 0.254. The quantitative estimate of drug-likeness (QED) is 0.775. The van der Waals surface area contributed by atoms with Crippen LogP contribution < -0.4 is 9.47 Å². The van der Waals surface area contributed by atoms with Crippen LogP contribution in [0.4, 0.5) is 0 Å². The summed E-state index contributed by atoms with van der Waals surface area (Å²) in [5.41, 5.74) is 0.573. The van der Waals surface area contributed by atoms with E-state index in [9.17, 15) is 9.90 Å². The predicted molar refractivity (Wildman–Crippen MR) is 59.1 cm³/mol. The van der Waals surface area contributed by atoms with Gasteiger partial charge in [0.25, 0.3) is 5.91 Å². The van der Waals surface area contributed by atoms with Gasteiger partial charge in [0.1, 0.15) is 0 Å². The number of carbonyl (C=O) groups is 1. The molecule has 0 radical (unpaired) electrons. The van der Waals surface area contributed by atoms with Gasteiger partial charge < -0.3 is 19.5 Å². The number of carbonyl (C=O) groups excluding carboxylic acids is 1. The molecule has 0 aromatic heterocycles. The van der Waals surface area contributed by atoms with Crippen LogP contribution in [0.1, 0.15) is 16.8 Å². The summed E-state index contributed by atoms with van der Waals surface area (Å²) in [5.74, 6) is 1.21. The normalized spacial score (nSPS) is 21.9. The van der Waals surface area contributed by atoms with Crippen LogP contribution in [0.3, 0.4) is 0 Å². The van der Waals surface area contributed by atoms with E-state index in [1.165, 1.54) is 0 Å². The average molecular weight is 235 g/mol. The van der Waals surface area contributed by atoms with E-state index in [0.29, 0.717) is 36.6 Å². The van der Waals surface area contributed by atoms with E-state index in [0.717, 1.165) is 0 Å². The maximum Gasteiger partial charge on any atom is 0.254 e. The minimum Gasteiger partial charge on any atom is -0.454 e. The highest BCUT2D eigenvalue weighted by atomic mass is 16.7. The summed E-state index contributed by atoms with van der Waals surface area (Å²) in [6, 6.07) is 5.15. The molecule has 1 fully saturated rings. The number of hydrogen-bond donors (Lipinski definition) is 1. The maximum atomic E-state index is 12.1. The van der Waals surface area contributed by atoms with Crippen LogP contribution in [0, 0.1) is 0 Å². The topological polar surface area (TPSA) is 59.0 Å². The van der Waals surface area contributed by atoms with Crippen molar-refractivity contribution in [1.82, 2.24) is 4.90 Å². The van der Waals surface area contributed by atoms with Crippen LogP contribution in [0.15, 0.2) is 18.2 Å². The number of aliphatic hydroxyl groups is 1. The van der Waals surface area contributed by atoms with Crippen LogP contribution in [-0.2, 0) is 0 Å². The van der Waals surface area contributed by atoms with E-state index in [2.05, 4.69) is 0 Å². The fourth-order valence-corrected chi connectivity index (χ4v) is 2.14. The van der Waals surface area contributed by atoms with Gasteiger partial charge in [0.15, 0.2) is 11.5 Å². The first kappa shape index (κ1) is 10.4. The highest BCUT2D eigenvalue weighted by Crippen LogP contribution is 2.33. The summed E-state index contributed by atoms with van der Waals surface area (Å²) in [4.78, 5) is 13.8. The molecule has 2 aliphatic heterocycles. The molecule has 5 heteroatoms. The van der Waals surface area contributed by atoms with Gasteiger partial charge in [-0.3, -0.25) is 4.79 Å². The van der Waals surface area contributed by atoms with Gasteiger partial charge in [0.05, 0.1) is 6.10 Å². The van der Waals surface area contributed by atoms with Crippen molar-refractivity contribution >= 4 is 5.91 Å². The van der Waals surface area contributed by atoms with Crippen molar-refractivity contribution in [3.8, 4) is 11.5 Å². The second kappa shape index (κ2) is 3.92. The number of ether oxygens (including phenoxy) is 2. The first-order valence-corrected chi connectivity index (χ1v) is 5.61. The summed E-state index contributed by atoms with van der Waals surface area (Å²) >= 11 is 0. The standard InChI is InChI=1S/C12H13NO4/c14-9-3-4-13(6-9)12(15)8-1-2-10-11(5-8)17-7-16-10/h1-2,5,9,14H,3-4,6-7H2. The second-order valence-corrected chi connectivity index (χ2v) is 4.26. The third kappa shape index (κ3) is 1.82. The Hall–Kier alpha value is -1.75. The molecule has 2 aliphatic rings. The lowest BCUT2D eigenvalue weighted by atomic mass is 10.2. The Bertz CT molecular complexity index is 460. The monoisotopic (exact) mass is 235 g/mol. The highest BCUT2D eigenvalue weighted by molar-refractivity contribution is 5.95. The lowest BCUT2D eigenvalue weighted by molar-refractivity contribution is 0.0764. The van der Waals surface area contributed by atoms with Crippen molar-refractivity contribution < 1.29 is 19.4 Å². The van der Waals surface area contributed by atoms with Gasteiger partial charge >= 0.3 is 0 Å². The van der Waals surface area contributed by atoms with Gasteiger partial charge in [-0.05, 0) is 24.6 Å². The number of hydrogen-bond acceptors (Lipinski definition) is 4.